The van der Waals surface area contributed by atoms with Gasteiger partial charge in [0, 0.05) is 17.9 Å². The summed E-state index contributed by atoms with van der Waals surface area (Å²) in [5.74, 6) is -2.73. The number of aliphatic carboxylic acids is 3. The van der Waals surface area contributed by atoms with Crippen LogP contribution in [-0.2, 0) is 14.4 Å². The molecule has 0 aliphatic heterocycles. The summed E-state index contributed by atoms with van der Waals surface area (Å²) in [6.45, 7) is 6.75. The Labute approximate surface area is 412 Å². The second-order valence-corrected chi connectivity index (χ2v) is 17.1. The van der Waals surface area contributed by atoms with E-state index in [1.807, 2.05) is 0 Å². The Morgan fingerprint density at radius 1 is 0.262 bits per heavy atom. The maximum Gasteiger partial charge on any atom is 3.00 e. The molecule has 0 unspecified atom stereocenters. The molecule has 0 atom stereocenters. The largest absolute Gasteiger partial charge is 3.00 e. The third-order valence-electron chi connectivity index (χ3n) is 10.9. The number of hydrogen-bond donors (Lipinski definition) is 0. The maximum absolute atomic E-state index is 10.2. The average molecular weight is 985 g/mol. The van der Waals surface area contributed by atoms with Crippen LogP contribution in [0.3, 0.4) is 0 Å². The number of carbonyl (C=O) groups is 3. The van der Waals surface area contributed by atoms with Gasteiger partial charge in [-0.25, -0.2) is 0 Å². The van der Waals surface area contributed by atoms with Crippen molar-refractivity contribution in [3.63, 3.8) is 0 Å². The predicted molar refractivity (Wildman–Crippen MR) is 253 cm³/mol. The molecule has 0 heterocycles. The van der Waals surface area contributed by atoms with Crippen molar-refractivity contribution in [3.05, 3.63) is 36.5 Å². The minimum atomic E-state index is -0.911. The van der Waals surface area contributed by atoms with E-state index in [-0.39, 0.29) is 60.6 Å². The van der Waals surface area contributed by atoms with E-state index >= 15 is 0 Å². The standard InChI is InChI=1S/3C18H34O2.Pr/c3*1-2-3-4-5-6-7-8-9-10-11-12-13-14-15-16-17-18(19)20;/h3*7-8H,2-6,9-17H2,1H3,(H,19,20);/q;;;+3/p-3/b3*8-7-;. The number of hydrogen-bond acceptors (Lipinski definition) is 6. The van der Waals surface area contributed by atoms with Crippen molar-refractivity contribution in [2.24, 2.45) is 0 Å². The summed E-state index contributed by atoms with van der Waals surface area (Å²) in [6.07, 6.45) is 62.7. The van der Waals surface area contributed by atoms with E-state index < -0.39 is 17.9 Å². The molecule has 354 valence electrons. The van der Waals surface area contributed by atoms with E-state index in [4.69, 9.17) is 0 Å². The van der Waals surface area contributed by atoms with Crippen LogP contribution in [0.5, 0.6) is 0 Å². The normalized spacial score (nSPS) is 11.1. The van der Waals surface area contributed by atoms with E-state index in [0.29, 0.717) is 0 Å². The van der Waals surface area contributed by atoms with E-state index in [9.17, 15) is 29.7 Å². The Balaban J connectivity index is -0.000000396. The zero-order chi connectivity index (χ0) is 44.7. The fraction of sp³-hybridized carbons (Fsp3) is 0.833. The van der Waals surface area contributed by atoms with E-state index in [0.717, 1.165) is 38.5 Å². The molecule has 0 rings (SSSR count). The fourth-order valence-electron chi connectivity index (χ4n) is 7.02. The predicted octanol–water partition coefficient (Wildman–Crippen LogP) is 14.3. The summed E-state index contributed by atoms with van der Waals surface area (Å²) in [4.78, 5) is 30.6. The first-order chi connectivity index (χ1) is 29.3. The first-order valence-corrected chi connectivity index (χ1v) is 25.9. The SMILES string of the molecule is CCCCCC/C=C\CCCCCCCCCC(=O)[O-].CCCCCC/C=C\CCCCCCCCCC(=O)[O-].CCCCCC/C=C\CCCCCCCCCC(=O)[O-].[Pr+3]. The second kappa shape index (κ2) is 63.3. The number of carbonyl (C=O) groups excluding carboxylic acids is 3. The quantitative estimate of drug-likeness (QED) is 0.0443. The second-order valence-electron chi connectivity index (χ2n) is 17.1. The first kappa shape index (κ1) is 66.6. The van der Waals surface area contributed by atoms with Crippen LogP contribution in [0.1, 0.15) is 290 Å². The van der Waals surface area contributed by atoms with E-state index in [1.54, 1.807) is 0 Å². The van der Waals surface area contributed by atoms with Crippen molar-refractivity contribution < 1.29 is 71.0 Å². The molecule has 0 radical (unpaired) electrons. The third-order valence-corrected chi connectivity index (χ3v) is 10.9. The van der Waals surface area contributed by atoms with Gasteiger partial charge in [0.15, 0.2) is 0 Å². The van der Waals surface area contributed by atoms with Gasteiger partial charge in [-0.05, 0) is 116 Å². The summed E-state index contributed by atoms with van der Waals surface area (Å²) >= 11 is 0. The summed E-state index contributed by atoms with van der Waals surface area (Å²) < 4.78 is 0. The molecule has 0 aromatic carbocycles. The summed E-state index contributed by atoms with van der Waals surface area (Å²) in [5.41, 5.74) is 0. The van der Waals surface area contributed by atoms with Gasteiger partial charge in [-0.15, -0.1) is 0 Å². The molecule has 61 heavy (non-hydrogen) atoms. The van der Waals surface area contributed by atoms with Gasteiger partial charge < -0.3 is 29.7 Å². The summed E-state index contributed by atoms with van der Waals surface area (Å²) in [7, 11) is 0. The zero-order valence-corrected chi connectivity index (χ0v) is 44.4. The first-order valence-electron chi connectivity index (χ1n) is 25.9. The van der Waals surface area contributed by atoms with Gasteiger partial charge in [0.05, 0.1) is 0 Å². The minimum absolute atomic E-state index is 0. The molecule has 0 aromatic rings. The maximum atomic E-state index is 10.2. The molecule has 0 bridgehead atoms. The molecule has 0 aliphatic carbocycles. The Bertz CT molecular complexity index is 827. The Morgan fingerprint density at radius 2 is 0.410 bits per heavy atom. The molecule has 6 nitrogen and oxygen atoms in total. The Morgan fingerprint density at radius 3 is 0.574 bits per heavy atom. The van der Waals surface area contributed by atoms with Crippen LogP contribution in [0.2, 0.25) is 0 Å². The molecule has 0 spiro atoms. The van der Waals surface area contributed by atoms with Crippen molar-refractivity contribution in [2.45, 2.75) is 290 Å². The Kier molecular flexibility index (Phi) is 69.1. The van der Waals surface area contributed by atoms with Crippen LogP contribution >= 0.6 is 0 Å². The van der Waals surface area contributed by atoms with Crippen molar-refractivity contribution in [2.75, 3.05) is 0 Å². The topological polar surface area (TPSA) is 120 Å². The molecule has 0 aliphatic rings. The monoisotopic (exact) mass is 985 g/mol. The van der Waals surface area contributed by atoms with E-state index in [1.165, 1.54) is 212 Å². The van der Waals surface area contributed by atoms with Gasteiger partial charge in [0.25, 0.3) is 0 Å². The molecular formula is C54H99O6Pr. The smallest absolute Gasteiger partial charge is 0.550 e. The number of carboxylic acids is 3. The van der Waals surface area contributed by atoms with Crippen LogP contribution in [0.25, 0.3) is 0 Å². The fourth-order valence-corrected chi connectivity index (χ4v) is 7.02. The molecule has 0 fully saturated rings. The van der Waals surface area contributed by atoms with Gasteiger partial charge >= 0.3 is 41.3 Å². The van der Waals surface area contributed by atoms with Gasteiger partial charge in [-0.3, -0.25) is 0 Å². The summed E-state index contributed by atoms with van der Waals surface area (Å²) in [5, 5.41) is 30.6. The van der Waals surface area contributed by atoms with Crippen LogP contribution in [-0.4, -0.2) is 17.9 Å². The van der Waals surface area contributed by atoms with Crippen LogP contribution in [0, 0.1) is 41.3 Å². The number of unbranched alkanes of at least 4 members (excludes halogenated alkanes) is 33. The van der Waals surface area contributed by atoms with Gasteiger partial charge in [-0.2, -0.15) is 0 Å². The van der Waals surface area contributed by atoms with Crippen molar-refractivity contribution in [3.8, 4) is 0 Å². The van der Waals surface area contributed by atoms with E-state index in [2.05, 4.69) is 57.2 Å². The molecule has 0 aromatic heterocycles. The minimum Gasteiger partial charge on any atom is -0.550 e. The van der Waals surface area contributed by atoms with Gasteiger partial charge in [0.2, 0.25) is 0 Å². The third kappa shape index (κ3) is 76.7. The molecular weight excluding hydrogens is 885 g/mol. The van der Waals surface area contributed by atoms with Crippen molar-refractivity contribution >= 4 is 17.9 Å². The molecule has 7 heteroatoms. The number of carboxylic acid groups (broad SMARTS) is 3. The van der Waals surface area contributed by atoms with Crippen molar-refractivity contribution in [1.29, 1.82) is 0 Å². The van der Waals surface area contributed by atoms with Gasteiger partial charge in [0.1, 0.15) is 0 Å². The van der Waals surface area contributed by atoms with Crippen molar-refractivity contribution in [1.82, 2.24) is 0 Å². The molecule has 0 saturated heterocycles. The van der Waals surface area contributed by atoms with Crippen LogP contribution in [0.15, 0.2) is 36.5 Å². The average Bonchev–Trinajstić information content (AvgIpc) is 3.22. The summed E-state index contributed by atoms with van der Waals surface area (Å²) in [6, 6.07) is 0. The zero-order valence-electron chi connectivity index (χ0n) is 40.7. The molecule has 0 saturated carbocycles. The number of rotatable bonds is 45. The van der Waals surface area contributed by atoms with Gasteiger partial charge in [-0.1, -0.05) is 211 Å². The molecule has 0 amide bonds. The molecule has 0 N–H and O–H groups in total. The number of allylic oxidation sites excluding steroid dienone is 6. The van der Waals surface area contributed by atoms with Crippen LogP contribution < -0.4 is 15.3 Å². The Hall–Kier alpha value is -1.01. The van der Waals surface area contributed by atoms with Crippen LogP contribution in [0.4, 0.5) is 0 Å².